The van der Waals surface area contributed by atoms with Crippen molar-refractivity contribution in [3.05, 3.63) is 56.9 Å². The first-order valence-electron chi connectivity index (χ1n) is 10.4. The van der Waals surface area contributed by atoms with Crippen molar-refractivity contribution in [2.75, 3.05) is 40.9 Å². The number of ether oxygens (including phenoxy) is 2. The van der Waals surface area contributed by atoms with Gasteiger partial charge in [0.2, 0.25) is 0 Å². The van der Waals surface area contributed by atoms with Gasteiger partial charge in [0.05, 0.1) is 14.2 Å². The molecule has 0 saturated heterocycles. The van der Waals surface area contributed by atoms with Crippen LogP contribution in [-0.2, 0) is 13.0 Å². The molecule has 0 spiro atoms. The zero-order valence-corrected chi connectivity index (χ0v) is 20.5. The van der Waals surface area contributed by atoms with E-state index in [-0.39, 0.29) is 5.91 Å². The van der Waals surface area contributed by atoms with Gasteiger partial charge in [-0.25, -0.2) is 0 Å². The molecule has 7 heteroatoms. The lowest BCUT2D eigenvalue weighted by atomic mass is 10.1. The van der Waals surface area contributed by atoms with Gasteiger partial charge in [0.25, 0.3) is 5.91 Å². The van der Waals surface area contributed by atoms with Gasteiger partial charge in [-0.3, -0.25) is 4.79 Å². The molecule has 3 aromatic rings. The van der Waals surface area contributed by atoms with Gasteiger partial charge in [0.15, 0.2) is 11.5 Å². The molecule has 0 saturated carbocycles. The van der Waals surface area contributed by atoms with Gasteiger partial charge < -0.3 is 19.3 Å². The summed E-state index contributed by atoms with van der Waals surface area (Å²) in [7, 11) is 5.36. The number of thiophene rings is 1. The average Bonchev–Trinajstić information content (AvgIpc) is 3.31. The predicted molar refractivity (Wildman–Crippen MR) is 130 cm³/mol. The summed E-state index contributed by atoms with van der Waals surface area (Å²) in [6.45, 7) is 3.34. The molecule has 0 bridgehead atoms. The fourth-order valence-corrected chi connectivity index (χ4v) is 5.42. The minimum absolute atomic E-state index is 0.0777. The molecule has 0 radical (unpaired) electrons. The van der Waals surface area contributed by atoms with Crippen LogP contribution in [0.15, 0.2) is 40.2 Å². The van der Waals surface area contributed by atoms with Crippen LogP contribution in [0.25, 0.3) is 10.1 Å². The van der Waals surface area contributed by atoms with E-state index in [1.807, 2.05) is 11.0 Å². The summed E-state index contributed by atoms with van der Waals surface area (Å²) in [5.41, 5.74) is 3.13. The van der Waals surface area contributed by atoms with E-state index in [4.69, 9.17) is 9.47 Å². The van der Waals surface area contributed by atoms with Gasteiger partial charge in [-0.05, 0) is 78.7 Å². The van der Waals surface area contributed by atoms with Crippen molar-refractivity contribution in [2.45, 2.75) is 19.4 Å². The van der Waals surface area contributed by atoms with E-state index in [1.165, 1.54) is 15.6 Å². The molecule has 2 aromatic carbocycles. The molecule has 0 atom stereocenters. The number of benzene rings is 2. The van der Waals surface area contributed by atoms with Crippen LogP contribution < -0.4 is 9.47 Å². The van der Waals surface area contributed by atoms with Gasteiger partial charge in [-0.1, -0.05) is 15.9 Å². The Kier molecular flexibility index (Phi) is 6.84. The SMILES string of the molecule is COc1cc2c(cc1OC)C(=O)N(CCCN(C)CCc1csc3ccc(Br)cc13)C2. The summed E-state index contributed by atoms with van der Waals surface area (Å²) in [6, 6.07) is 10.2. The van der Waals surface area contributed by atoms with Crippen LogP contribution in [0.2, 0.25) is 0 Å². The van der Waals surface area contributed by atoms with E-state index in [1.54, 1.807) is 31.6 Å². The fourth-order valence-electron chi connectivity index (χ4n) is 4.08. The van der Waals surface area contributed by atoms with Gasteiger partial charge in [-0.2, -0.15) is 0 Å². The van der Waals surface area contributed by atoms with Crippen LogP contribution in [0, 0.1) is 0 Å². The number of likely N-dealkylation sites (N-methyl/N-ethyl adjacent to an activating group) is 1. The quantitative estimate of drug-likeness (QED) is 0.403. The number of carbonyl (C=O) groups excluding carboxylic acids is 1. The Morgan fingerprint density at radius 1 is 1.13 bits per heavy atom. The molecule has 31 heavy (non-hydrogen) atoms. The normalized spacial score (nSPS) is 13.3. The second-order valence-corrected chi connectivity index (χ2v) is 9.73. The highest BCUT2D eigenvalue weighted by Crippen LogP contribution is 2.35. The first kappa shape index (κ1) is 22.1. The van der Waals surface area contributed by atoms with Crippen LogP contribution >= 0.6 is 27.3 Å². The zero-order chi connectivity index (χ0) is 22.0. The van der Waals surface area contributed by atoms with E-state index in [0.29, 0.717) is 18.0 Å². The number of hydrogen-bond donors (Lipinski definition) is 0. The van der Waals surface area contributed by atoms with Crippen LogP contribution in [-0.4, -0.2) is 56.6 Å². The van der Waals surface area contributed by atoms with Gasteiger partial charge in [0.1, 0.15) is 0 Å². The van der Waals surface area contributed by atoms with Gasteiger partial charge in [0, 0.05) is 34.4 Å². The molecule has 164 valence electrons. The highest BCUT2D eigenvalue weighted by atomic mass is 79.9. The lowest BCUT2D eigenvalue weighted by Crippen LogP contribution is -2.29. The second kappa shape index (κ2) is 9.59. The van der Waals surface area contributed by atoms with Crippen LogP contribution in [0.4, 0.5) is 0 Å². The molecule has 1 aromatic heterocycles. The van der Waals surface area contributed by atoms with Crippen molar-refractivity contribution >= 4 is 43.3 Å². The number of fused-ring (bicyclic) bond motifs is 2. The summed E-state index contributed by atoms with van der Waals surface area (Å²) in [4.78, 5) is 17.1. The van der Waals surface area contributed by atoms with E-state index in [2.05, 4.69) is 51.5 Å². The molecule has 1 aliphatic heterocycles. The van der Waals surface area contributed by atoms with Crippen LogP contribution in [0.5, 0.6) is 11.5 Å². The van der Waals surface area contributed by atoms with Crippen LogP contribution in [0.1, 0.15) is 27.9 Å². The zero-order valence-electron chi connectivity index (χ0n) is 18.1. The number of nitrogens with zero attached hydrogens (tertiary/aromatic N) is 2. The Hall–Kier alpha value is -2.09. The highest BCUT2D eigenvalue weighted by Gasteiger charge is 2.29. The van der Waals surface area contributed by atoms with Crippen molar-refractivity contribution in [1.29, 1.82) is 0 Å². The third-order valence-electron chi connectivity index (χ3n) is 5.83. The third-order valence-corrected chi connectivity index (χ3v) is 7.34. The number of rotatable bonds is 9. The molecule has 2 heterocycles. The monoisotopic (exact) mass is 502 g/mol. The summed E-state index contributed by atoms with van der Waals surface area (Å²) in [5.74, 6) is 1.35. The molecule has 4 rings (SSSR count). The highest BCUT2D eigenvalue weighted by molar-refractivity contribution is 9.10. The fraction of sp³-hybridized carbons (Fsp3) is 0.375. The Bertz CT molecular complexity index is 1100. The number of carbonyl (C=O) groups is 1. The van der Waals surface area contributed by atoms with Crippen molar-refractivity contribution < 1.29 is 14.3 Å². The molecular formula is C24H27BrN2O3S. The van der Waals surface area contributed by atoms with E-state index >= 15 is 0 Å². The van der Waals surface area contributed by atoms with E-state index in [0.717, 1.165) is 48.1 Å². The smallest absolute Gasteiger partial charge is 0.254 e. The summed E-state index contributed by atoms with van der Waals surface area (Å²) in [6.07, 6.45) is 1.97. The van der Waals surface area contributed by atoms with Crippen LogP contribution in [0.3, 0.4) is 0 Å². The van der Waals surface area contributed by atoms with Gasteiger partial charge >= 0.3 is 0 Å². The Morgan fingerprint density at radius 3 is 2.68 bits per heavy atom. The standard InChI is InChI=1S/C24H27BrN2O3S/c1-26(10-7-16-15-31-23-6-5-18(25)12-19(16)23)8-4-9-27-14-17-11-21(29-2)22(30-3)13-20(17)24(27)28/h5-6,11-13,15H,4,7-10,14H2,1-3H3. The number of hydrogen-bond acceptors (Lipinski definition) is 5. The molecule has 5 nitrogen and oxygen atoms in total. The molecule has 1 amide bonds. The second-order valence-electron chi connectivity index (χ2n) is 7.90. The van der Waals surface area contributed by atoms with Crippen molar-refractivity contribution in [2.24, 2.45) is 0 Å². The lowest BCUT2D eigenvalue weighted by Gasteiger charge is -2.20. The maximum absolute atomic E-state index is 12.8. The molecule has 0 N–H and O–H groups in total. The maximum atomic E-state index is 12.8. The van der Waals surface area contributed by atoms with Crippen molar-refractivity contribution in [1.82, 2.24) is 9.80 Å². The first-order chi connectivity index (χ1) is 15.0. The van der Waals surface area contributed by atoms with Gasteiger partial charge in [-0.15, -0.1) is 11.3 Å². The minimum Gasteiger partial charge on any atom is -0.493 e. The molecule has 0 unspecified atom stereocenters. The van der Waals surface area contributed by atoms with E-state index in [9.17, 15) is 4.79 Å². The Labute approximate surface area is 195 Å². The summed E-state index contributed by atoms with van der Waals surface area (Å²) < 4.78 is 13.2. The number of amides is 1. The summed E-state index contributed by atoms with van der Waals surface area (Å²) >= 11 is 5.38. The molecule has 0 aliphatic carbocycles. The Morgan fingerprint density at radius 2 is 1.90 bits per heavy atom. The molecular weight excluding hydrogens is 476 g/mol. The molecule has 1 aliphatic rings. The summed E-state index contributed by atoms with van der Waals surface area (Å²) in [5, 5.41) is 3.62. The van der Waals surface area contributed by atoms with E-state index < -0.39 is 0 Å². The van der Waals surface area contributed by atoms with Crippen molar-refractivity contribution in [3.8, 4) is 11.5 Å². The lowest BCUT2D eigenvalue weighted by molar-refractivity contribution is 0.0772. The molecule has 0 fully saturated rings. The third kappa shape index (κ3) is 4.73. The largest absolute Gasteiger partial charge is 0.493 e. The van der Waals surface area contributed by atoms with Crippen molar-refractivity contribution in [3.63, 3.8) is 0 Å². The Balaban J connectivity index is 1.28. The average molecular weight is 503 g/mol. The predicted octanol–water partition coefficient (Wildman–Crippen LogP) is 5.20. The first-order valence-corrected chi connectivity index (χ1v) is 12.1. The minimum atomic E-state index is 0.0777. The number of halogens is 1. The number of methoxy groups -OCH3 is 2. The maximum Gasteiger partial charge on any atom is 0.254 e. The topological polar surface area (TPSA) is 42.0 Å².